The molecule has 0 fully saturated rings. The van der Waals surface area contributed by atoms with Crippen LogP contribution in [0.25, 0.3) is 100 Å². The van der Waals surface area contributed by atoms with Crippen LogP contribution in [0.1, 0.15) is 0 Å². The van der Waals surface area contributed by atoms with Gasteiger partial charge >= 0.3 is 0 Å². The highest BCUT2D eigenvalue weighted by atomic mass is 16.3. The molecular weight excluding hydrogens is 690 g/mol. The highest BCUT2D eigenvalue weighted by molar-refractivity contribution is 6.68. The van der Waals surface area contributed by atoms with Crippen molar-refractivity contribution in [2.75, 3.05) is 0 Å². The van der Waals surface area contributed by atoms with Gasteiger partial charge in [0.25, 0.3) is 0 Å². The molecule has 0 unspecified atom stereocenters. The molecule has 0 saturated heterocycles. The maximum absolute atomic E-state index is 6.78. The van der Waals surface area contributed by atoms with Crippen molar-refractivity contribution in [3.05, 3.63) is 121 Å². The average molecular weight is 724 g/mol. The van der Waals surface area contributed by atoms with Gasteiger partial charge < -0.3 is 8.83 Å². The summed E-state index contributed by atoms with van der Waals surface area (Å²) < 4.78 is 13.2. The summed E-state index contributed by atoms with van der Waals surface area (Å²) in [4.78, 5) is 15.4. The second kappa shape index (κ2) is 13.4. The summed E-state index contributed by atoms with van der Waals surface area (Å²) >= 11 is 0. The van der Waals surface area contributed by atoms with Crippen LogP contribution in [0.15, 0.2) is 130 Å². The molecule has 3 heterocycles. The summed E-state index contributed by atoms with van der Waals surface area (Å²) in [6, 6.07) is 41.8. The number of fused-ring (bicyclic) bond motifs is 6. The Balaban J connectivity index is 1.15. The van der Waals surface area contributed by atoms with Crippen LogP contribution in [-0.4, -0.2) is 69.9 Å². The van der Waals surface area contributed by atoms with Crippen molar-refractivity contribution in [1.29, 1.82) is 0 Å². The van der Waals surface area contributed by atoms with E-state index in [1.807, 2.05) is 36.4 Å². The third-order valence-electron chi connectivity index (χ3n) is 12.4. The van der Waals surface area contributed by atoms with Crippen LogP contribution >= 0.6 is 0 Å². The molecule has 0 bridgehead atoms. The Morgan fingerprint density at radius 3 is 1.53 bits per heavy atom. The average Bonchev–Trinajstić information content (AvgIpc) is 3.84. The van der Waals surface area contributed by atoms with Crippen LogP contribution in [-0.2, 0) is 0 Å². The first-order valence-electron chi connectivity index (χ1n) is 19.5. The largest absolute Gasteiger partial charge is 0.457 e. The number of rotatable bonds is 5. The first-order valence-corrected chi connectivity index (χ1v) is 19.5. The van der Waals surface area contributed by atoms with Crippen LogP contribution in [0.3, 0.4) is 0 Å². The Morgan fingerprint density at radius 2 is 0.842 bits per heavy atom. The van der Waals surface area contributed by atoms with Crippen LogP contribution in [0.5, 0.6) is 0 Å². The van der Waals surface area contributed by atoms with E-state index < -0.39 is 0 Å². The number of nitrogens with zero attached hydrogens (tertiary/aromatic N) is 3. The smallest absolute Gasteiger partial charge is 0.167 e. The van der Waals surface area contributed by atoms with Crippen molar-refractivity contribution in [2.45, 2.75) is 0 Å². The van der Waals surface area contributed by atoms with Crippen molar-refractivity contribution in [1.82, 2.24) is 15.0 Å². The summed E-state index contributed by atoms with van der Waals surface area (Å²) in [5.74, 6) is 1.75. The van der Waals surface area contributed by atoms with Crippen molar-refractivity contribution >= 4 is 137 Å². The minimum Gasteiger partial charge on any atom is -0.457 e. The van der Waals surface area contributed by atoms with Gasteiger partial charge in [0.1, 0.15) is 77.3 Å². The van der Waals surface area contributed by atoms with E-state index in [4.69, 9.17) is 23.8 Å². The summed E-state index contributed by atoms with van der Waals surface area (Å²) in [5, 5.41) is 4.49. The lowest BCUT2D eigenvalue weighted by atomic mass is 9.64. The van der Waals surface area contributed by atoms with E-state index in [0.717, 1.165) is 66.5 Å². The molecule has 0 N–H and O–H groups in total. The molecule has 0 radical (unpaired) electrons. The molecule has 0 spiro atoms. The Morgan fingerprint density at radius 1 is 0.333 bits per heavy atom. The van der Waals surface area contributed by atoms with Gasteiger partial charge in [-0.25, -0.2) is 15.0 Å². The lowest BCUT2D eigenvalue weighted by molar-refractivity contribution is 0.669. The first kappa shape index (κ1) is 35.0. The van der Waals surface area contributed by atoms with E-state index >= 15 is 0 Å². The number of hydrogen-bond donors (Lipinski definition) is 0. The highest BCUT2D eigenvalue weighted by Gasteiger charge is 2.23. The zero-order chi connectivity index (χ0) is 39.1. The Hall–Kier alpha value is -6.40. The second-order valence-corrected chi connectivity index (χ2v) is 15.4. The molecule has 0 aliphatic carbocycles. The quantitative estimate of drug-likeness (QED) is 0.231. The fourth-order valence-electron chi connectivity index (χ4n) is 8.57. The standard InChI is InChI=1S/C45H34B7N3O2/c46-33-30(31-32-34(47)35(48)37(50)39(52)42(32)57-41(31)38(51)36(33)49)23-15-19-25(20-16-23)44-53-43(24-17-13-22(14-18-24)21-7-2-1-3-8-21)54-45(55-44)28-11-6-10-27-26-9-4-5-12-29(26)56-40(27)28/h1-20H,46-52H2. The minimum atomic E-state index is 0.559. The zero-order valence-electron chi connectivity index (χ0n) is 33.2. The lowest BCUT2D eigenvalue weighted by Gasteiger charge is -2.16. The molecule has 3 aromatic heterocycles. The third-order valence-corrected chi connectivity index (χ3v) is 12.4. The molecule has 262 valence electrons. The van der Waals surface area contributed by atoms with E-state index in [0.29, 0.717) is 17.5 Å². The second-order valence-electron chi connectivity index (χ2n) is 15.4. The summed E-state index contributed by atoms with van der Waals surface area (Å²) in [6.45, 7) is 0. The summed E-state index contributed by atoms with van der Waals surface area (Å²) in [6.07, 6.45) is 0. The minimum absolute atomic E-state index is 0.559. The monoisotopic (exact) mass is 725 g/mol. The molecular formula is C45H34B7N3O2. The van der Waals surface area contributed by atoms with Gasteiger partial charge in [0, 0.05) is 32.7 Å². The van der Waals surface area contributed by atoms with Gasteiger partial charge in [-0.1, -0.05) is 142 Å². The summed E-state index contributed by atoms with van der Waals surface area (Å²) in [7, 11) is 15.5. The van der Waals surface area contributed by atoms with Crippen LogP contribution in [0, 0.1) is 0 Å². The predicted octanol–water partition coefficient (Wildman–Crippen LogP) is -0.186. The molecule has 12 heteroatoms. The molecule has 10 aromatic rings. The maximum Gasteiger partial charge on any atom is 0.167 e. The van der Waals surface area contributed by atoms with E-state index in [2.05, 4.69) is 140 Å². The molecule has 10 rings (SSSR count). The number of aromatic nitrogens is 3. The fourth-order valence-corrected chi connectivity index (χ4v) is 8.57. The number of benzene rings is 7. The van der Waals surface area contributed by atoms with Crippen LogP contribution in [0.4, 0.5) is 0 Å². The van der Waals surface area contributed by atoms with Crippen molar-refractivity contribution in [2.24, 2.45) is 0 Å². The molecule has 0 amide bonds. The van der Waals surface area contributed by atoms with Gasteiger partial charge in [-0.3, -0.25) is 0 Å². The Labute approximate surface area is 337 Å². The fraction of sp³-hybridized carbons (Fsp3) is 0. The van der Waals surface area contributed by atoms with Gasteiger partial charge in [-0.15, -0.1) is 5.46 Å². The van der Waals surface area contributed by atoms with Gasteiger partial charge in [0.05, 0.1) is 5.56 Å². The molecule has 0 saturated carbocycles. The van der Waals surface area contributed by atoms with Crippen LogP contribution in [0.2, 0.25) is 0 Å². The molecule has 5 nitrogen and oxygen atoms in total. The number of furan rings is 2. The SMILES string of the molecule is Bc1c(B)c(B)c2c(oc3c(B)c(B)c(B)c(-c4ccc(-c5nc(-c6ccc(-c7ccccc7)cc6)nc(-c6cccc7c6oc6ccccc67)n5)cc4)c32)c1B. The summed E-state index contributed by atoms with van der Waals surface area (Å²) in [5.41, 5.74) is 19.6. The predicted molar refractivity (Wildman–Crippen MR) is 259 cm³/mol. The van der Waals surface area contributed by atoms with Crippen molar-refractivity contribution < 1.29 is 8.83 Å². The van der Waals surface area contributed by atoms with E-state index in [1.165, 1.54) is 54.6 Å². The molecule has 0 atom stereocenters. The third kappa shape index (κ3) is 5.53. The number of para-hydroxylation sites is 2. The van der Waals surface area contributed by atoms with E-state index in [9.17, 15) is 0 Å². The first-order chi connectivity index (χ1) is 27.7. The molecule has 57 heavy (non-hydrogen) atoms. The van der Waals surface area contributed by atoms with E-state index in [1.54, 1.807) is 0 Å². The zero-order valence-corrected chi connectivity index (χ0v) is 33.2. The van der Waals surface area contributed by atoms with Crippen molar-refractivity contribution in [3.8, 4) is 56.4 Å². The Bertz CT molecular complexity index is 3250. The molecule has 0 aliphatic heterocycles. The maximum atomic E-state index is 6.78. The van der Waals surface area contributed by atoms with Crippen molar-refractivity contribution in [3.63, 3.8) is 0 Å². The number of hydrogen-bond acceptors (Lipinski definition) is 5. The van der Waals surface area contributed by atoms with Gasteiger partial charge in [-0.2, -0.15) is 0 Å². The molecule has 0 aliphatic rings. The van der Waals surface area contributed by atoms with E-state index in [-0.39, 0.29) is 0 Å². The van der Waals surface area contributed by atoms with Gasteiger partial charge in [0.2, 0.25) is 0 Å². The molecule has 7 aromatic carbocycles. The normalized spacial score (nSPS) is 11.6. The highest BCUT2D eigenvalue weighted by Crippen LogP contribution is 2.37. The van der Waals surface area contributed by atoms with Gasteiger partial charge in [0.15, 0.2) is 17.5 Å². The van der Waals surface area contributed by atoms with Crippen LogP contribution < -0.4 is 38.2 Å². The topological polar surface area (TPSA) is 65.0 Å². The Kier molecular flexibility index (Phi) is 8.22. The lowest BCUT2D eigenvalue weighted by Crippen LogP contribution is -2.47. The van der Waals surface area contributed by atoms with Gasteiger partial charge in [-0.05, 0) is 34.4 Å².